The van der Waals surface area contributed by atoms with Crippen molar-refractivity contribution in [2.75, 3.05) is 19.6 Å². The molecule has 128 valence electrons. The molecule has 0 spiro atoms. The third kappa shape index (κ3) is 4.74. The molecular formula is C18H22N2O3S. The van der Waals surface area contributed by atoms with Gasteiger partial charge in [0.2, 0.25) is 10.0 Å². The van der Waals surface area contributed by atoms with Crippen LogP contribution in [0.4, 0.5) is 0 Å². The molecule has 0 saturated heterocycles. The Labute approximate surface area is 143 Å². The molecule has 6 heteroatoms. The van der Waals surface area contributed by atoms with E-state index in [1.165, 1.54) is 6.07 Å². The monoisotopic (exact) mass is 346 g/mol. The minimum Gasteiger partial charge on any atom is -0.315 e. The van der Waals surface area contributed by atoms with Gasteiger partial charge in [-0.2, -0.15) is 0 Å². The van der Waals surface area contributed by atoms with Gasteiger partial charge >= 0.3 is 0 Å². The van der Waals surface area contributed by atoms with E-state index in [4.69, 9.17) is 0 Å². The van der Waals surface area contributed by atoms with Gasteiger partial charge in [-0.15, -0.1) is 0 Å². The maximum absolute atomic E-state index is 12.6. The fourth-order valence-corrected chi connectivity index (χ4v) is 3.52. The predicted molar refractivity (Wildman–Crippen MR) is 94.7 cm³/mol. The SMILES string of the molecule is CCCNCCNS(=O)(=O)c1ccccc1C(=O)c1ccccc1. The van der Waals surface area contributed by atoms with Gasteiger partial charge in [-0.1, -0.05) is 49.4 Å². The second-order valence-electron chi connectivity index (χ2n) is 5.34. The lowest BCUT2D eigenvalue weighted by atomic mass is 10.0. The largest absolute Gasteiger partial charge is 0.315 e. The number of sulfonamides is 1. The van der Waals surface area contributed by atoms with Gasteiger partial charge in [-0.05, 0) is 25.1 Å². The molecule has 2 N–H and O–H groups in total. The van der Waals surface area contributed by atoms with Crippen LogP contribution in [0.15, 0.2) is 59.5 Å². The van der Waals surface area contributed by atoms with Crippen molar-refractivity contribution in [1.82, 2.24) is 10.0 Å². The van der Waals surface area contributed by atoms with E-state index in [9.17, 15) is 13.2 Å². The Morgan fingerprint density at radius 1 is 0.917 bits per heavy atom. The summed E-state index contributed by atoms with van der Waals surface area (Å²) in [5, 5.41) is 3.13. The molecule has 0 aliphatic heterocycles. The van der Waals surface area contributed by atoms with E-state index in [0.717, 1.165) is 13.0 Å². The summed E-state index contributed by atoms with van der Waals surface area (Å²) in [7, 11) is -3.74. The quantitative estimate of drug-likeness (QED) is 0.539. The molecule has 2 rings (SSSR count). The van der Waals surface area contributed by atoms with Gasteiger partial charge in [0.15, 0.2) is 5.78 Å². The molecule has 0 bridgehead atoms. The Balaban J connectivity index is 2.20. The fourth-order valence-electron chi connectivity index (χ4n) is 2.29. The summed E-state index contributed by atoms with van der Waals surface area (Å²) < 4.78 is 27.6. The minimum absolute atomic E-state index is 0.00865. The van der Waals surface area contributed by atoms with Crippen LogP contribution in [0.1, 0.15) is 29.3 Å². The van der Waals surface area contributed by atoms with Crippen molar-refractivity contribution in [3.8, 4) is 0 Å². The zero-order valence-corrected chi connectivity index (χ0v) is 14.5. The van der Waals surface area contributed by atoms with Crippen LogP contribution in [-0.2, 0) is 10.0 Å². The molecule has 0 aromatic heterocycles. The first kappa shape index (κ1) is 18.3. The van der Waals surface area contributed by atoms with Crippen molar-refractivity contribution >= 4 is 15.8 Å². The van der Waals surface area contributed by atoms with Crippen molar-refractivity contribution in [2.45, 2.75) is 18.2 Å². The van der Waals surface area contributed by atoms with E-state index in [2.05, 4.69) is 10.0 Å². The summed E-state index contributed by atoms with van der Waals surface area (Å²) in [5.74, 6) is -0.305. The topological polar surface area (TPSA) is 75.3 Å². The van der Waals surface area contributed by atoms with Crippen molar-refractivity contribution in [1.29, 1.82) is 0 Å². The van der Waals surface area contributed by atoms with E-state index in [0.29, 0.717) is 12.1 Å². The molecule has 0 radical (unpaired) electrons. The Kier molecular flexibility index (Phi) is 6.66. The van der Waals surface area contributed by atoms with Gasteiger partial charge in [0.25, 0.3) is 0 Å². The third-order valence-corrected chi connectivity index (χ3v) is 5.00. The van der Waals surface area contributed by atoms with Crippen molar-refractivity contribution in [2.24, 2.45) is 0 Å². The summed E-state index contributed by atoms with van der Waals surface area (Å²) in [6.07, 6.45) is 0.987. The van der Waals surface area contributed by atoms with E-state index in [1.54, 1.807) is 42.5 Å². The van der Waals surface area contributed by atoms with Crippen LogP contribution < -0.4 is 10.0 Å². The highest BCUT2D eigenvalue weighted by Gasteiger charge is 2.22. The average molecular weight is 346 g/mol. The van der Waals surface area contributed by atoms with Crippen molar-refractivity contribution in [3.63, 3.8) is 0 Å². The molecule has 0 atom stereocenters. The molecule has 0 saturated carbocycles. The Morgan fingerprint density at radius 3 is 2.29 bits per heavy atom. The number of hydrogen-bond donors (Lipinski definition) is 2. The summed E-state index contributed by atoms with van der Waals surface area (Å²) in [6, 6.07) is 14.9. The van der Waals surface area contributed by atoms with Gasteiger partial charge in [0.05, 0.1) is 4.90 Å². The van der Waals surface area contributed by atoms with Crippen LogP contribution in [0, 0.1) is 0 Å². The van der Waals surface area contributed by atoms with E-state index in [-0.39, 0.29) is 22.8 Å². The number of ketones is 1. The predicted octanol–water partition coefficient (Wildman–Crippen LogP) is 2.20. The summed E-state index contributed by atoms with van der Waals surface area (Å²) >= 11 is 0. The third-order valence-electron chi connectivity index (χ3n) is 3.48. The molecule has 0 fully saturated rings. The molecule has 24 heavy (non-hydrogen) atoms. The number of nitrogens with one attached hydrogen (secondary N) is 2. The van der Waals surface area contributed by atoms with Gasteiger partial charge in [-0.3, -0.25) is 4.79 Å². The number of carbonyl (C=O) groups excluding carboxylic acids is 1. The van der Waals surface area contributed by atoms with Crippen LogP contribution in [0.2, 0.25) is 0 Å². The number of hydrogen-bond acceptors (Lipinski definition) is 4. The highest BCUT2D eigenvalue weighted by molar-refractivity contribution is 7.89. The molecule has 5 nitrogen and oxygen atoms in total. The zero-order chi connectivity index (χ0) is 17.4. The van der Waals surface area contributed by atoms with Gasteiger partial charge in [-0.25, -0.2) is 13.1 Å². The lowest BCUT2D eigenvalue weighted by Crippen LogP contribution is -2.32. The first-order valence-corrected chi connectivity index (χ1v) is 9.43. The molecule has 2 aromatic carbocycles. The maximum atomic E-state index is 12.6. The number of carbonyl (C=O) groups is 1. The van der Waals surface area contributed by atoms with E-state index in [1.807, 2.05) is 13.0 Å². The molecule has 0 aliphatic rings. The number of benzene rings is 2. The Bertz CT molecular complexity index is 774. The molecule has 2 aromatic rings. The Morgan fingerprint density at radius 2 is 1.58 bits per heavy atom. The molecule has 0 heterocycles. The van der Waals surface area contributed by atoms with Crippen molar-refractivity contribution in [3.05, 3.63) is 65.7 Å². The molecule has 0 amide bonds. The normalized spacial score (nSPS) is 11.4. The highest BCUT2D eigenvalue weighted by Crippen LogP contribution is 2.19. The van der Waals surface area contributed by atoms with Crippen LogP contribution >= 0.6 is 0 Å². The zero-order valence-electron chi connectivity index (χ0n) is 13.7. The smallest absolute Gasteiger partial charge is 0.241 e. The van der Waals surface area contributed by atoms with E-state index < -0.39 is 10.0 Å². The lowest BCUT2D eigenvalue weighted by Gasteiger charge is -2.11. The number of rotatable bonds is 9. The lowest BCUT2D eigenvalue weighted by molar-refractivity contribution is 0.103. The standard InChI is InChI=1S/C18H22N2O3S/c1-2-12-19-13-14-20-24(22,23)17-11-7-6-10-16(17)18(21)15-8-4-3-5-9-15/h3-11,19-20H,2,12-14H2,1H3. The first-order chi connectivity index (χ1) is 11.6. The summed E-state index contributed by atoms with van der Waals surface area (Å²) in [6.45, 7) is 3.70. The first-order valence-electron chi connectivity index (χ1n) is 7.95. The molecule has 0 aliphatic carbocycles. The minimum atomic E-state index is -3.74. The van der Waals surface area contributed by atoms with Crippen LogP contribution in [0.25, 0.3) is 0 Å². The van der Waals surface area contributed by atoms with Crippen LogP contribution in [0.3, 0.4) is 0 Å². The second-order valence-corrected chi connectivity index (χ2v) is 7.07. The van der Waals surface area contributed by atoms with E-state index >= 15 is 0 Å². The molecular weight excluding hydrogens is 324 g/mol. The summed E-state index contributed by atoms with van der Waals surface area (Å²) in [5.41, 5.74) is 0.641. The highest BCUT2D eigenvalue weighted by atomic mass is 32.2. The van der Waals surface area contributed by atoms with Gasteiger partial charge < -0.3 is 5.32 Å². The Hall–Kier alpha value is -2.02. The van der Waals surface area contributed by atoms with Crippen LogP contribution in [0.5, 0.6) is 0 Å². The van der Waals surface area contributed by atoms with Crippen molar-refractivity contribution < 1.29 is 13.2 Å². The van der Waals surface area contributed by atoms with Crippen LogP contribution in [-0.4, -0.2) is 33.8 Å². The molecule has 0 unspecified atom stereocenters. The van der Waals surface area contributed by atoms with Gasteiger partial charge in [0, 0.05) is 24.2 Å². The summed E-state index contributed by atoms with van der Waals surface area (Å²) in [4.78, 5) is 12.6. The van der Waals surface area contributed by atoms with Gasteiger partial charge in [0.1, 0.15) is 0 Å². The average Bonchev–Trinajstić information content (AvgIpc) is 2.61. The maximum Gasteiger partial charge on any atom is 0.241 e. The fraction of sp³-hybridized carbons (Fsp3) is 0.278. The second kappa shape index (κ2) is 8.73.